The van der Waals surface area contributed by atoms with E-state index in [1.807, 2.05) is 48.3 Å². The number of aliphatic hydroxyl groups is 1. The summed E-state index contributed by atoms with van der Waals surface area (Å²) in [4.78, 5) is 19.2. The molecule has 0 aliphatic carbocycles. The zero-order valence-corrected chi connectivity index (χ0v) is 15.6. The molecule has 1 saturated heterocycles. The Kier molecular flexibility index (Phi) is 3.91. The molecule has 5 rings (SSSR count). The topological polar surface area (TPSA) is 75.7 Å². The Morgan fingerprint density at radius 2 is 2.07 bits per heavy atom. The number of carbonyl (C=O) groups is 1. The lowest BCUT2D eigenvalue weighted by atomic mass is 9.94. The van der Waals surface area contributed by atoms with Crippen molar-refractivity contribution in [2.45, 2.75) is 12.5 Å². The third-order valence-corrected chi connectivity index (χ3v) is 5.68. The first-order chi connectivity index (χ1) is 13.6. The van der Waals surface area contributed by atoms with E-state index in [1.54, 1.807) is 21.8 Å². The summed E-state index contributed by atoms with van der Waals surface area (Å²) in [5, 5.41) is 16.0. The third-order valence-electron chi connectivity index (χ3n) is 5.68. The quantitative estimate of drug-likeness (QED) is 0.593. The number of pyridine rings is 1. The van der Waals surface area contributed by atoms with Crippen LogP contribution in [0.5, 0.6) is 0 Å². The lowest BCUT2D eigenvalue weighted by Crippen LogP contribution is -2.29. The van der Waals surface area contributed by atoms with Crippen molar-refractivity contribution in [1.82, 2.24) is 24.1 Å². The molecule has 142 valence electrons. The molecule has 0 bridgehead atoms. The van der Waals surface area contributed by atoms with Crippen molar-refractivity contribution in [3.8, 4) is 0 Å². The fraction of sp³-hybridized carbons (Fsp3) is 0.286. The molecule has 1 aliphatic rings. The molecule has 0 unspecified atom stereocenters. The fourth-order valence-corrected chi connectivity index (χ4v) is 4.21. The molecule has 4 heterocycles. The van der Waals surface area contributed by atoms with Gasteiger partial charge in [-0.15, -0.1) is 0 Å². The number of fused-ring (bicyclic) bond motifs is 2. The Bertz CT molecular complexity index is 1170. The fourth-order valence-electron chi connectivity index (χ4n) is 4.21. The number of β-amino-alcohol motifs (C(OH)–C–C–N with tert-alkyl or cyclic N) is 1. The molecule has 1 amide bonds. The Balaban J connectivity index is 1.39. The first-order valence-corrected chi connectivity index (χ1v) is 9.40. The van der Waals surface area contributed by atoms with E-state index in [9.17, 15) is 9.90 Å². The number of hydrogen-bond acceptors (Lipinski definition) is 4. The van der Waals surface area contributed by atoms with Gasteiger partial charge in [-0.3, -0.25) is 9.78 Å². The van der Waals surface area contributed by atoms with Crippen LogP contribution in [0, 0.1) is 5.92 Å². The number of imidazole rings is 1. The number of aromatic nitrogens is 4. The van der Waals surface area contributed by atoms with Gasteiger partial charge in [0.2, 0.25) is 0 Å². The van der Waals surface area contributed by atoms with Crippen LogP contribution in [0.1, 0.15) is 15.9 Å². The highest BCUT2D eigenvalue weighted by Crippen LogP contribution is 2.27. The van der Waals surface area contributed by atoms with E-state index >= 15 is 0 Å². The van der Waals surface area contributed by atoms with Gasteiger partial charge in [-0.25, -0.2) is 4.52 Å². The summed E-state index contributed by atoms with van der Waals surface area (Å²) in [5.41, 5.74) is 3.43. The zero-order valence-electron chi connectivity index (χ0n) is 15.6. The number of hydrogen-bond donors (Lipinski definition) is 1. The van der Waals surface area contributed by atoms with E-state index in [1.165, 1.54) is 0 Å². The van der Waals surface area contributed by atoms with Gasteiger partial charge in [0.25, 0.3) is 5.91 Å². The van der Waals surface area contributed by atoms with Gasteiger partial charge in [-0.05, 0) is 24.1 Å². The molecule has 1 aromatic carbocycles. The molecule has 1 aliphatic heterocycles. The van der Waals surface area contributed by atoms with Crippen LogP contribution < -0.4 is 0 Å². The molecule has 28 heavy (non-hydrogen) atoms. The number of nitrogens with zero attached hydrogens (tertiary/aromatic N) is 5. The summed E-state index contributed by atoms with van der Waals surface area (Å²) in [6.45, 7) is 0.868. The lowest BCUT2D eigenvalue weighted by molar-refractivity contribution is 0.0766. The largest absolute Gasteiger partial charge is 0.391 e. The van der Waals surface area contributed by atoms with Gasteiger partial charge >= 0.3 is 0 Å². The summed E-state index contributed by atoms with van der Waals surface area (Å²) in [6.07, 6.45) is 7.27. The van der Waals surface area contributed by atoms with Crippen LogP contribution in [-0.4, -0.2) is 54.3 Å². The average Bonchev–Trinajstić information content (AvgIpc) is 3.39. The number of likely N-dealkylation sites (tertiary alicyclic amines) is 1. The molecule has 0 radical (unpaired) electrons. The highest BCUT2D eigenvalue weighted by atomic mass is 16.3. The maximum Gasteiger partial charge on any atom is 0.259 e. The number of rotatable bonds is 3. The molecular formula is C21H21N5O2. The van der Waals surface area contributed by atoms with Crippen LogP contribution >= 0.6 is 0 Å². The van der Waals surface area contributed by atoms with Crippen LogP contribution in [0.4, 0.5) is 0 Å². The second-order valence-corrected chi connectivity index (χ2v) is 7.46. The van der Waals surface area contributed by atoms with Crippen molar-refractivity contribution in [3.63, 3.8) is 0 Å². The van der Waals surface area contributed by atoms with E-state index in [0.717, 1.165) is 22.1 Å². The molecule has 1 fully saturated rings. The summed E-state index contributed by atoms with van der Waals surface area (Å²) < 4.78 is 3.58. The van der Waals surface area contributed by atoms with Gasteiger partial charge in [-0.2, -0.15) is 5.10 Å². The molecule has 0 spiro atoms. The van der Waals surface area contributed by atoms with Crippen LogP contribution in [0.2, 0.25) is 0 Å². The highest BCUT2D eigenvalue weighted by Gasteiger charge is 2.35. The SMILES string of the molecule is Cn1ccn2ncc(C(=O)N3C[C@@H](Cc4ccnc5ccccc45)[C@H](O)C3)c12. The van der Waals surface area contributed by atoms with Crippen LogP contribution in [-0.2, 0) is 13.5 Å². The molecule has 1 N–H and O–H groups in total. The molecule has 3 aromatic heterocycles. The minimum Gasteiger partial charge on any atom is -0.391 e. The van der Waals surface area contributed by atoms with Gasteiger partial charge in [0.1, 0.15) is 11.2 Å². The normalized spacial score (nSPS) is 19.7. The molecule has 2 atom stereocenters. The van der Waals surface area contributed by atoms with E-state index < -0.39 is 6.10 Å². The Labute approximate surface area is 161 Å². The van der Waals surface area contributed by atoms with Gasteiger partial charge in [0.15, 0.2) is 0 Å². The molecule has 7 nitrogen and oxygen atoms in total. The first kappa shape index (κ1) is 16.9. The monoisotopic (exact) mass is 375 g/mol. The summed E-state index contributed by atoms with van der Waals surface area (Å²) >= 11 is 0. The van der Waals surface area contributed by atoms with E-state index in [4.69, 9.17) is 0 Å². The Morgan fingerprint density at radius 3 is 2.96 bits per heavy atom. The maximum atomic E-state index is 13.1. The number of para-hydroxylation sites is 1. The highest BCUT2D eigenvalue weighted by molar-refractivity contribution is 6.00. The maximum absolute atomic E-state index is 13.1. The number of aliphatic hydroxyl groups excluding tert-OH is 1. The van der Waals surface area contributed by atoms with Gasteiger partial charge in [0.05, 0.1) is 17.8 Å². The van der Waals surface area contributed by atoms with Crippen molar-refractivity contribution >= 4 is 22.5 Å². The van der Waals surface area contributed by atoms with Crippen LogP contribution in [0.25, 0.3) is 16.6 Å². The molecular weight excluding hydrogens is 354 g/mol. The average molecular weight is 375 g/mol. The molecule has 4 aromatic rings. The second kappa shape index (κ2) is 6.45. The number of amides is 1. The van der Waals surface area contributed by atoms with Crippen LogP contribution in [0.15, 0.2) is 55.1 Å². The van der Waals surface area contributed by atoms with Gasteiger partial charge in [0, 0.05) is 50.0 Å². The minimum absolute atomic E-state index is 0.00534. The lowest BCUT2D eigenvalue weighted by Gasteiger charge is -2.16. The first-order valence-electron chi connectivity index (χ1n) is 9.40. The number of benzene rings is 1. The number of aryl methyl sites for hydroxylation is 1. The van der Waals surface area contributed by atoms with Gasteiger partial charge < -0.3 is 14.6 Å². The standard InChI is InChI=1S/C21H21N5O2/c1-24-8-9-26-20(24)17(11-23-26)21(28)25-12-15(19(27)13-25)10-14-6-7-22-18-5-3-2-4-16(14)18/h2-9,11,15,19,27H,10,12-13H2,1H3/t15-,19-/m1/s1. The minimum atomic E-state index is -0.546. The molecule has 7 heteroatoms. The summed E-state index contributed by atoms with van der Waals surface area (Å²) in [7, 11) is 1.89. The Morgan fingerprint density at radius 1 is 1.21 bits per heavy atom. The van der Waals surface area contributed by atoms with E-state index in [0.29, 0.717) is 25.1 Å². The number of carbonyl (C=O) groups excluding carboxylic acids is 1. The zero-order chi connectivity index (χ0) is 19.3. The predicted molar refractivity (Wildman–Crippen MR) is 105 cm³/mol. The van der Waals surface area contributed by atoms with Crippen molar-refractivity contribution < 1.29 is 9.90 Å². The van der Waals surface area contributed by atoms with Crippen molar-refractivity contribution in [2.24, 2.45) is 13.0 Å². The van der Waals surface area contributed by atoms with Crippen molar-refractivity contribution in [1.29, 1.82) is 0 Å². The summed E-state index contributed by atoms with van der Waals surface area (Å²) in [5.74, 6) is -0.0906. The van der Waals surface area contributed by atoms with Crippen molar-refractivity contribution in [3.05, 3.63) is 66.2 Å². The second-order valence-electron chi connectivity index (χ2n) is 7.46. The third kappa shape index (κ3) is 2.66. The predicted octanol–water partition coefficient (Wildman–Crippen LogP) is 1.90. The van der Waals surface area contributed by atoms with E-state index in [-0.39, 0.29) is 11.8 Å². The molecule has 0 saturated carbocycles. The Hall–Kier alpha value is -3.19. The summed E-state index contributed by atoms with van der Waals surface area (Å²) in [6, 6.07) is 10.0. The van der Waals surface area contributed by atoms with Crippen molar-refractivity contribution in [2.75, 3.05) is 13.1 Å². The van der Waals surface area contributed by atoms with E-state index in [2.05, 4.69) is 16.1 Å². The smallest absolute Gasteiger partial charge is 0.259 e. The van der Waals surface area contributed by atoms with Crippen LogP contribution in [0.3, 0.4) is 0 Å². The van der Waals surface area contributed by atoms with Gasteiger partial charge in [-0.1, -0.05) is 18.2 Å².